The van der Waals surface area contributed by atoms with Gasteiger partial charge in [0, 0.05) is 81.8 Å². The molecule has 1 aliphatic carbocycles. The number of aryl methyl sites for hydroxylation is 1. The van der Waals surface area contributed by atoms with Gasteiger partial charge in [0.15, 0.2) is 12.6 Å². The van der Waals surface area contributed by atoms with Crippen LogP contribution < -0.4 is 5.48 Å². The molecule has 0 radical (unpaired) electrons. The van der Waals surface area contributed by atoms with Gasteiger partial charge in [0.25, 0.3) is 0 Å². The second-order valence-electron chi connectivity index (χ2n) is 21.7. The fourth-order valence-electron chi connectivity index (χ4n) is 11.4. The summed E-state index contributed by atoms with van der Waals surface area (Å²) in [5.41, 5.74) is 0.465. The van der Waals surface area contributed by atoms with Gasteiger partial charge in [0.2, 0.25) is 5.91 Å². The SMILES string of the molecule is CO[C@]1(C)CC(O[C@@H]2[C@H](C)[C@@H](OC3C[C@@H](N(C)Cc4ccc(-c5cn(CCCCCCC(=O)NO)nn5)cc4)C[C@@H](C)O3)[C@@](C)(OC)C[C@@H](C)C(=O)[C@H](C)[C@@H](O)[C@@]3(O)C(C)C3OC(=O)[C@@H]2C)O[C@@H](C)[C@@H]1O. The number of aromatic nitrogens is 3. The van der Waals surface area contributed by atoms with Crippen LogP contribution in [-0.2, 0) is 60.6 Å². The van der Waals surface area contributed by atoms with Crippen LogP contribution in [0.5, 0.6) is 0 Å². The molecule has 1 aromatic carbocycles. The molecular formula is C52H83N5O14. The molecule has 4 unspecified atom stereocenters. The number of ether oxygens (including phenoxy) is 7. The third-order valence-corrected chi connectivity index (χ3v) is 16.3. The quantitative estimate of drug-likeness (QED) is 0.0608. The van der Waals surface area contributed by atoms with Gasteiger partial charge in [-0.05, 0) is 72.9 Å². The Hall–Kier alpha value is -3.47. The lowest BCUT2D eigenvalue weighted by Gasteiger charge is -2.49. The van der Waals surface area contributed by atoms with Crippen molar-refractivity contribution in [2.45, 2.75) is 211 Å². The van der Waals surface area contributed by atoms with E-state index in [2.05, 4.69) is 34.4 Å². The highest BCUT2D eigenvalue weighted by Gasteiger charge is 2.70. The van der Waals surface area contributed by atoms with Gasteiger partial charge < -0.3 is 48.5 Å². The topological polar surface area (TPSA) is 243 Å². The Morgan fingerprint density at radius 1 is 0.873 bits per heavy atom. The first-order valence-corrected chi connectivity index (χ1v) is 25.7. The molecule has 19 nitrogen and oxygen atoms in total. The molecule has 4 heterocycles. The van der Waals surface area contributed by atoms with Crippen LogP contribution in [0.4, 0.5) is 0 Å². The van der Waals surface area contributed by atoms with Gasteiger partial charge >= 0.3 is 5.97 Å². The van der Waals surface area contributed by atoms with E-state index in [1.807, 2.05) is 43.8 Å². The van der Waals surface area contributed by atoms with Crippen LogP contribution in [-0.4, -0.2) is 158 Å². The number of aliphatic hydroxyl groups excluding tert-OH is 2. The molecule has 0 bridgehead atoms. The van der Waals surface area contributed by atoms with Crippen molar-refractivity contribution >= 4 is 17.7 Å². The highest BCUT2D eigenvalue weighted by Crippen LogP contribution is 2.52. The van der Waals surface area contributed by atoms with E-state index in [0.717, 1.165) is 42.5 Å². The van der Waals surface area contributed by atoms with E-state index >= 15 is 0 Å². The number of methoxy groups -OCH3 is 2. The number of nitrogens with one attached hydrogen (secondary N) is 1. The third-order valence-electron chi connectivity index (χ3n) is 16.3. The molecule has 1 saturated carbocycles. The third kappa shape index (κ3) is 12.9. The van der Waals surface area contributed by atoms with E-state index in [0.29, 0.717) is 32.4 Å². The molecule has 2 aromatic rings. The first-order chi connectivity index (χ1) is 33.5. The molecule has 5 N–H and O–H groups in total. The van der Waals surface area contributed by atoms with Crippen LogP contribution >= 0.6 is 0 Å². The minimum atomic E-state index is -1.82. The zero-order chi connectivity index (χ0) is 52.2. The van der Waals surface area contributed by atoms with E-state index in [4.69, 9.17) is 38.4 Å². The molecule has 18 atom stereocenters. The number of hydrogen-bond donors (Lipinski definition) is 5. The Balaban J connectivity index is 1.21. The van der Waals surface area contributed by atoms with Crippen LogP contribution in [0.2, 0.25) is 0 Å². The number of hydroxylamine groups is 1. The number of hydrogen-bond acceptors (Lipinski definition) is 17. The average molecular weight is 1000 g/mol. The van der Waals surface area contributed by atoms with E-state index in [1.54, 1.807) is 54.1 Å². The smallest absolute Gasteiger partial charge is 0.311 e. The molecule has 3 saturated heterocycles. The van der Waals surface area contributed by atoms with E-state index in [-0.39, 0.29) is 36.7 Å². The van der Waals surface area contributed by atoms with Gasteiger partial charge in [-0.25, -0.2) is 5.48 Å². The second-order valence-corrected chi connectivity index (χ2v) is 21.7. The van der Waals surface area contributed by atoms with Crippen LogP contribution in [0.25, 0.3) is 11.3 Å². The molecule has 4 aliphatic rings. The predicted octanol–water partition coefficient (Wildman–Crippen LogP) is 4.97. The second kappa shape index (κ2) is 23.8. The summed E-state index contributed by atoms with van der Waals surface area (Å²) in [4.78, 5) is 42.1. The van der Waals surface area contributed by atoms with Crippen molar-refractivity contribution in [2.24, 2.45) is 29.6 Å². The normalized spacial score (nSPS) is 39.4. The molecular weight excluding hydrogens is 919 g/mol. The predicted molar refractivity (Wildman–Crippen MR) is 259 cm³/mol. The summed E-state index contributed by atoms with van der Waals surface area (Å²) in [7, 11) is 5.17. The molecule has 1 amide bonds. The lowest BCUT2D eigenvalue weighted by molar-refractivity contribution is -0.309. The summed E-state index contributed by atoms with van der Waals surface area (Å²) in [6.07, 6.45) is -0.637. The Morgan fingerprint density at radius 2 is 1.55 bits per heavy atom. The fourth-order valence-corrected chi connectivity index (χ4v) is 11.4. The van der Waals surface area contributed by atoms with Gasteiger partial charge in [-0.2, -0.15) is 0 Å². The van der Waals surface area contributed by atoms with Crippen molar-refractivity contribution in [3.63, 3.8) is 0 Å². The highest BCUT2D eigenvalue weighted by atomic mass is 16.7. The van der Waals surface area contributed by atoms with Crippen molar-refractivity contribution in [3.05, 3.63) is 36.0 Å². The number of esters is 1. The summed E-state index contributed by atoms with van der Waals surface area (Å²) in [5.74, 6) is -5.20. The summed E-state index contributed by atoms with van der Waals surface area (Å²) >= 11 is 0. The van der Waals surface area contributed by atoms with Gasteiger partial charge in [-0.3, -0.25) is 29.2 Å². The van der Waals surface area contributed by atoms with Gasteiger partial charge in [-0.15, -0.1) is 5.10 Å². The number of carbonyl (C=O) groups is 3. The number of rotatable bonds is 17. The highest BCUT2D eigenvalue weighted by molar-refractivity contribution is 5.84. The van der Waals surface area contributed by atoms with Crippen molar-refractivity contribution in [1.82, 2.24) is 25.4 Å². The summed E-state index contributed by atoms with van der Waals surface area (Å²) < 4.78 is 46.9. The fraction of sp³-hybridized carbons (Fsp3) is 0.788. The van der Waals surface area contributed by atoms with Crippen molar-refractivity contribution in [3.8, 4) is 11.3 Å². The lowest BCUT2D eigenvalue weighted by Crippen LogP contribution is -2.59. The molecule has 71 heavy (non-hydrogen) atoms. The maximum Gasteiger partial charge on any atom is 0.311 e. The Bertz CT molecular complexity index is 2080. The van der Waals surface area contributed by atoms with E-state index < -0.39 is 102 Å². The maximum atomic E-state index is 14.3. The number of amides is 1. The van der Waals surface area contributed by atoms with Crippen molar-refractivity contribution in [2.75, 3.05) is 21.3 Å². The lowest BCUT2D eigenvalue weighted by atomic mass is 9.75. The molecule has 6 rings (SSSR count). The molecule has 0 spiro atoms. The molecule has 3 aliphatic heterocycles. The van der Waals surface area contributed by atoms with Crippen molar-refractivity contribution < 1.29 is 68.1 Å². The average Bonchev–Trinajstić information content (AvgIpc) is 3.60. The maximum absolute atomic E-state index is 14.3. The number of carbonyl (C=O) groups excluding carboxylic acids is 3. The van der Waals surface area contributed by atoms with Gasteiger partial charge in [0.1, 0.15) is 29.3 Å². The Labute approximate surface area is 419 Å². The Morgan fingerprint density at radius 3 is 2.21 bits per heavy atom. The number of unbranched alkanes of at least 4 members (excludes halogenated alkanes) is 3. The molecule has 400 valence electrons. The number of benzene rings is 1. The summed E-state index contributed by atoms with van der Waals surface area (Å²) in [6.45, 7) is 17.5. The van der Waals surface area contributed by atoms with Crippen LogP contribution in [0.3, 0.4) is 0 Å². The number of Topliss-reactive ketones (excluding diaryl/α,β-unsaturated/α-hetero) is 1. The summed E-state index contributed by atoms with van der Waals surface area (Å²) in [6, 6.07) is 8.32. The standard InChI is InChI=1S/C52H83N5O14/c1-29-25-51(9,66-12)47(32(4)44(69-42-26-50(8,65-11)46(61)35(7)68-42)33(5)49(62)71-48-34(6)52(48,63)45(60)31(3)43(29)59)70-41-24-38(23-30(2)67-41)56(10)27-36-18-20-37(21-19-36)39-28-57(55-53-39)22-16-14-13-15-17-40(58)54-64/h18-21,28-35,38,41-42,44-48,60-61,63-64H,13-17,22-27H2,1-12H3,(H,54,58)/t29-,30-,31+,32+,33-,34?,35+,38+,41?,42?,44-,45-,46+,47-,48?,50-,51+,52+/m1/s1. The largest absolute Gasteiger partial charge is 0.458 e. The molecule has 19 heteroatoms. The van der Waals surface area contributed by atoms with Crippen LogP contribution in [0.15, 0.2) is 30.5 Å². The van der Waals surface area contributed by atoms with Crippen molar-refractivity contribution in [1.29, 1.82) is 0 Å². The first kappa shape index (κ1) is 56.8. The number of aliphatic hydroxyl groups is 3. The molecule has 4 fully saturated rings. The first-order valence-electron chi connectivity index (χ1n) is 25.7. The van der Waals surface area contributed by atoms with Gasteiger partial charge in [0.05, 0.1) is 53.8 Å². The number of fused-ring (bicyclic) bond motifs is 1. The van der Waals surface area contributed by atoms with E-state index in [1.165, 1.54) is 7.11 Å². The van der Waals surface area contributed by atoms with Gasteiger partial charge in [-0.1, -0.05) is 70.0 Å². The summed E-state index contributed by atoms with van der Waals surface area (Å²) in [5, 5.41) is 51.7. The minimum absolute atomic E-state index is 0.0381. The number of nitrogens with zero attached hydrogens (tertiary/aromatic N) is 4. The monoisotopic (exact) mass is 1000 g/mol. The minimum Gasteiger partial charge on any atom is -0.458 e. The van der Waals surface area contributed by atoms with Crippen LogP contribution in [0.1, 0.15) is 126 Å². The zero-order valence-corrected chi connectivity index (χ0v) is 44.0. The Kier molecular flexibility index (Phi) is 19.1. The number of ketones is 1. The van der Waals surface area contributed by atoms with Crippen LogP contribution in [0, 0.1) is 29.6 Å². The van der Waals surface area contributed by atoms with E-state index in [9.17, 15) is 29.7 Å². The zero-order valence-electron chi connectivity index (χ0n) is 44.0. The molecule has 1 aromatic heterocycles.